The Kier molecular flexibility index (Phi) is 4.03. The number of hydrogen-bond acceptors (Lipinski definition) is 3. The number of nitrogens with two attached hydrogens (primary N) is 1. The Bertz CT molecular complexity index is 1020. The van der Waals surface area contributed by atoms with E-state index in [0.717, 1.165) is 28.4 Å². The molecule has 1 aliphatic carbocycles. The number of carboxylic acids is 1. The van der Waals surface area contributed by atoms with Crippen molar-refractivity contribution < 1.29 is 19.4 Å². The first kappa shape index (κ1) is 16.4. The molecular weight excluding hydrogens is 332 g/mol. The van der Waals surface area contributed by atoms with Crippen molar-refractivity contribution in [2.45, 2.75) is 25.8 Å². The summed E-state index contributed by atoms with van der Waals surface area (Å²) < 4.78 is 7.72. The van der Waals surface area contributed by atoms with Crippen LogP contribution in [0.3, 0.4) is 0 Å². The summed E-state index contributed by atoms with van der Waals surface area (Å²) >= 11 is 0. The van der Waals surface area contributed by atoms with Gasteiger partial charge in [-0.2, -0.15) is 0 Å². The molecular formula is C20H20N2O4. The lowest BCUT2D eigenvalue weighted by Crippen LogP contribution is -2.18. The summed E-state index contributed by atoms with van der Waals surface area (Å²) in [6.45, 7) is 0.428. The number of amides is 1. The number of nitrogens with zero attached hydrogens (tertiary/aromatic N) is 1. The monoisotopic (exact) mass is 352 g/mol. The second kappa shape index (κ2) is 6.37. The van der Waals surface area contributed by atoms with E-state index in [4.69, 9.17) is 15.6 Å². The van der Waals surface area contributed by atoms with Crippen LogP contribution in [0, 0.1) is 5.92 Å². The topological polar surface area (TPSA) is 94.6 Å². The average Bonchev–Trinajstić information content (AvgIpc) is 2.90. The van der Waals surface area contributed by atoms with Gasteiger partial charge >= 0.3 is 5.97 Å². The Balaban J connectivity index is 2.00. The van der Waals surface area contributed by atoms with E-state index in [1.807, 2.05) is 24.3 Å². The van der Waals surface area contributed by atoms with Crippen LogP contribution in [0.25, 0.3) is 21.8 Å². The predicted octanol–water partition coefficient (Wildman–Crippen LogP) is 3.16. The lowest BCUT2D eigenvalue weighted by Gasteiger charge is -2.26. The van der Waals surface area contributed by atoms with Gasteiger partial charge in [-0.05, 0) is 43.0 Å². The van der Waals surface area contributed by atoms with Gasteiger partial charge < -0.3 is 20.1 Å². The molecule has 134 valence electrons. The average molecular weight is 352 g/mol. The van der Waals surface area contributed by atoms with Crippen molar-refractivity contribution in [3.05, 3.63) is 42.0 Å². The first-order valence-corrected chi connectivity index (χ1v) is 8.74. The number of primary amides is 1. The molecule has 0 atom stereocenters. The van der Waals surface area contributed by atoms with Crippen LogP contribution in [-0.4, -0.2) is 28.2 Å². The quantitative estimate of drug-likeness (QED) is 0.712. The third kappa shape index (κ3) is 2.67. The molecule has 2 aromatic carbocycles. The first-order valence-electron chi connectivity index (χ1n) is 8.74. The molecule has 0 radical (unpaired) electrons. The fraction of sp³-hybridized carbons (Fsp3) is 0.300. The molecule has 1 heterocycles. The molecule has 6 heteroatoms. The zero-order valence-corrected chi connectivity index (χ0v) is 14.3. The van der Waals surface area contributed by atoms with Crippen LogP contribution in [-0.2, 0) is 11.3 Å². The van der Waals surface area contributed by atoms with Gasteiger partial charge in [0, 0.05) is 17.5 Å². The van der Waals surface area contributed by atoms with E-state index >= 15 is 0 Å². The largest absolute Gasteiger partial charge is 0.481 e. The van der Waals surface area contributed by atoms with Crippen LogP contribution in [0.1, 0.15) is 29.6 Å². The van der Waals surface area contributed by atoms with E-state index in [2.05, 4.69) is 4.57 Å². The third-order valence-corrected chi connectivity index (χ3v) is 5.16. The van der Waals surface area contributed by atoms with Gasteiger partial charge in [0.15, 0.2) is 6.61 Å². The molecule has 26 heavy (non-hydrogen) atoms. The fourth-order valence-corrected chi connectivity index (χ4v) is 3.75. The van der Waals surface area contributed by atoms with Gasteiger partial charge in [-0.1, -0.05) is 18.6 Å². The maximum absolute atomic E-state index is 12.0. The molecule has 1 aliphatic rings. The maximum atomic E-state index is 12.0. The SMILES string of the molecule is NC(=O)c1cccc2c1c1c(OCC(=O)O)cccc1n2CC1CCC1. The van der Waals surface area contributed by atoms with Gasteiger partial charge in [-0.3, -0.25) is 4.79 Å². The van der Waals surface area contributed by atoms with Gasteiger partial charge in [-0.25, -0.2) is 4.79 Å². The summed E-state index contributed by atoms with van der Waals surface area (Å²) in [6.07, 6.45) is 3.65. The zero-order chi connectivity index (χ0) is 18.3. The smallest absolute Gasteiger partial charge is 0.341 e. The fourth-order valence-electron chi connectivity index (χ4n) is 3.75. The minimum atomic E-state index is -1.05. The van der Waals surface area contributed by atoms with Crippen molar-refractivity contribution in [1.29, 1.82) is 0 Å². The van der Waals surface area contributed by atoms with Gasteiger partial charge in [0.05, 0.1) is 16.4 Å². The summed E-state index contributed by atoms with van der Waals surface area (Å²) in [5.41, 5.74) is 7.89. The number of fused-ring (bicyclic) bond motifs is 3. The highest BCUT2D eigenvalue weighted by Gasteiger charge is 2.23. The number of benzene rings is 2. The van der Waals surface area contributed by atoms with E-state index < -0.39 is 18.5 Å². The van der Waals surface area contributed by atoms with E-state index in [0.29, 0.717) is 17.2 Å². The number of hydrogen-bond donors (Lipinski definition) is 2. The number of ether oxygens (including phenoxy) is 1. The molecule has 4 rings (SSSR count). The molecule has 0 aliphatic heterocycles. The van der Waals surface area contributed by atoms with Gasteiger partial charge in [0.1, 0.15) is 5.75 Å². The molecule has 0 unspecified atom stereocenters. The van der Waals surface area contributed by atoms with Crippen molar-refractivity contribution in [3.63, 3.8) is 0 Å². The van der Waals surface area contributed by atoms with Gasteiger partial charge in [0.2, 0.25) is 5.91 Å². The van der Waals surface area contributed by atoms with Crippen molar-refractivity contribution >= 4 is 33.7 Å². The first-order chi connectivity index (χ1) is 12.6. The van der Waals surface area contributed by atoms with Crippen LogP contribution in [0.5, 0.6) is 5.75 Å². The minimum Gasteiger partial charge on any atom is -0.481 e. The van der Waals surface area contributed by atoms with Crippen LogP contribution in [0.15, 0.2) is 36.4 Å². The molecule has 0 spiro atoms. The maximum Gasteiger partial charge on any atom is 0.341 e. The van der Waals surface area contributed by atoms with E-state index in [-0.39, 0.29) is 0 Å². The lowest BCUT2D eigenvalue weighted by atomic mass is 9.85. The zero-order valence-electron chi connectivity index (χ0n) is 14.3. The Morgan fingerprint density at radius 3 is 2.42 bits per heavy atom. The highest BCUT2D eigenvalue weighted by Crippen LogP contribution is 2.39. The van der Waals surface area contributed by atoms with Crippen molar-refractivity contribution in [2.75, 3.05) is 6.61 Å². The van der Waals surface area contributed by atoms with Crippen molar-refractivity contribution in [1.82, 2.24) is 4.57 Å². The third-order valence-electron chi connectivity index (χ3n) is 5.16. The van der Waals surface area contributed by atoms with E-state index in [9.17, 15) is 9.59 Å². The summed E-state index contributed by atoms with van der Waals surface area (Å²) in [4.78, 5) is 23.0. The Morgan fingerprint density at radius 2 is 1.81 bits per heavy atom. The number of rotatable bonds is 6. The highest BCUT2D eigenvalue weighted by molar-refractivity contribution is 6.19. The van der Waals surface area contributed by atoms with Crippen molar-refractivity contribution in [2.24, 2.45) is 11.7 Å². The Hall–Kier alpha value is -3.02. The van der Waals surface area contributed by atoms with E-state index in [1.165, 1.54) is 19.3 Å². The minimum absolute atomic E-state index is 0.422. The molecule has 0 saturated heterocycles. The van der Waals surface area contributed by atoms with Crippen LogP contribution in [0.4, 0.5) is 0 Å². The normalized spacial score (nSPS) is 14.5. The number of carbonyl (C=O) groups excluding carboxylic acids is 1. The van der Waals surface area contributed by atoms with Gasteiger partial charge in [0.25, 0.3) is 0 Å². The molecule has 3 aromatic rings. The molecule has 3 N–H and O–H groups in total. The number of carbonyl (C=O) groups is 2. The molecule has 1 fully saturated rings. The van der Waals surface area contributed by atoms with E-state index in [1.54, 1.807) is 12.1 Å². The van der Waals surface area contributed by atoms with Crippen LogP contribution in [0.2, 0.25) is 0 Å². The summed E-state index contributed by atoms with van der Waals surface area (Å²) in [6, 6.07) is 11.1. The Labute approximate surface area is 150 Å². The lowest BCUT2D eigenvalue weighted by molar-refractivity contribution is -0.139. The molecule has 1 aromatic heterocycles. The van der Waals surface area contributed by atoms with Crippen molar-refractivity contribution in [3.8, 4) is 5.75 Å². The van der Waals surface area contributed by atoms with Crippen LogP contribution >= 0.6 is 0 Å². The highest BCUT2D eigenvalue weighted by atomic mass is 16.5. The summed E-state index contributed by atoms with van der Waals surface area (Å²) in [5.74, 6) is -0.479. The molecule has 1 amide bonds. The van der Waals surface area contributed by atoms with Gasteiger partial charge in [-0.15, -0.1) is 0 Å². The number of carboxylic acid groups (broad SMARTS) is 1. The number of aromatic nitrogens is 1. The summed E-state index contributed by atoms with van der Waals surface area (Å²) in [7, 11) is 0. The predicted molar refractivity (Wildman–Crippen MR) is 98.4 cm³/mol. The summed E-state index contributed by atoms with van der Waals surface area (Å²) in [5, 5.41) is 10.4. The molecule has 6 nitrogen and oxygen atoms in total. The molecule has 1 saturated carbocycles. The standard InChI is InChI=1S/C20H20N2O4/c21-20(25)13-6-2-7-14-18(13)19-15(22(14)10-12-4-1-5-12)8-3-9-16(19)26-11-17(23)24/h2-3,6-9,12H,1,4-5,10-11H2,(H2,21,25)(H,23,24). The second-order valence-corrected chi connectivity index (χ2v) is 6.80. The van der Waals surface area contributed by atoms with Crippen LogP contribution < -0.4 is 10.5 Å². The number of aliphatic carboxylic acids is 1. The molecule has 0 bridgehead atoms. The Morgan fingerprint density at radius 1 is 1.12 bits per heavy atom. The second-order valence-electron chi connectivity index (χ2n) is 6.80.